The molecule has 1 aliphatic rings. The average molecular weight is 572 g/mol. The molecule has 0 saturated heterocycles. The highest BCUT2D eigenvalue weighted by molar-refractivity contribution is 5.98. The zero-order valence-electron chi connectivity index (χ0n) is 22.4. The van der Waals surface area contributed by atoms with Gasteiger partial charge in [0.15, 0.2) is 0 Å². The molecule has 15 heteroatoms. The highest BCUT2D eigenvalue weighted by Crippen LogP contribution is 2.28. The Morgan fingerprint density at radius 3 is 1.83 bits per heavy atom. The van der Waals surface area contributed by atoms with Crippen LogP contribution in [0.2, 0.25) is 0 Å². The van der Waals surface area contributed by atoms with Gasteiger partial charge < -0.3 is 19.1 Å². The number of esters is 1. The maximum absolute atomic E-state index is 12.6. The Balaban J connectivity index is 1.67. The lowest BCUT2D eigenvalue weighted by atomic mass is 9.85. The first-order valence-corrected chi connectivity index (χ1v) is 12.5. The van der Waals surface area contributed by atoms with Crippen molar-refractivity contribution in [2.24, 2.45) is 10.9 Å². The molecule has 1 N–H and O–H groups in total. The van der Waals surface area contributed by atoms with Crippen LogP contribution in [0.3, 0.4) is 0 Å². The second-order valence-corrected chi connectivity index (χ2v) is 9.18. The number of nitrogens with zero attached hydrogens (tertiary/aromatic N) is 4. The van der Waals surface area contributed by atoms with Gasteiger partial charge in [-0.3, -0.25) is 30.3 Å². The average Bonchev–Trinajstić information content (AvgIpc) is 2.98. The molecule has 2 amide bonds. The Kier molecular flexibility index (Phi) is 10.7. The third-order valence-corrected chi connectivity index (χ3v) is 6.55. The molecule has 1 saturated carbocycles. The van der Waals surface area contributed by atoms with Gasteiger partial charge in [-0.1, -0.05) is 0 Å². The van der Waals surface area contributed by atoms with Crippen LogP contribution in [0.15, 0.2) is 53.5 Å². The summed E-state index contributed by atoms with van der Waals surface area (Å²) in [7, 11) is 2.96. The molecule has 0 radical (unpaired) electrons. The van der Waals surface area contributed by atoms with Crippen LogP contribution in [0, 0.1) is 26.1 Å². The standard InChI is InChI=1S/C26H29N5O10/c1-29(20-13-7-19(8-14-20)23(32)39-2)24(27-25(33)40-15-17-3-9-21(10-4-17)30(35)36)28-26(34)41-16-18-5-11-22(12-6-18)31(37)38/h3-6,9-12,19-20H,7-8,13-16H2,1-2H3,(H,27,28,33,34). The number of non-ortho nitro benzene ring substituents is 2. The van der Waals surface area contributed by atoms with Crippen molar-refractivity contribution in [3.8, 4) is 0 Å². The normalized spacial score (nSPS) is 16.7. The zero-order valence-corrected chi connectivity index (χ0v) is 22.4. The summed E-state index contributed by atoms with van der Waals surface area (Å²) in [6.45, 7) is -0.415. The van der Waals surface area contributed by atoms with Crippen molar-refractivity contribution in [3.63, 3.8) is 0 Å². The Labute approximate surface area is 234 Å². The van der Waals surface area contributed by atoms with E-state index in [1.54, 1.807) is 11.9 Å². The van der Waals surface area contributed by atoms with Crippen molar-refractivity contribution in [1.29, 1.82) is 0 Å². The van der Waals surface area contributed by atoms with Gasteiger partial charge in [0.25, 0.3) is 11.4 Å². The number of carbonyl (C=O) groups is 3. The predicted octanol–water partition coefficient (Wildman–Crippen LogP) is 4.09. The van der Waals surface area contributed by atoms with Gasteiger partial charge in [-0.25, -0.2) is 9.59 Å². The molecular weight excluding hydrogens is 542 g/mol. The topological polar surface area (TPSA) is 193 Å². The third kappa shape index (κ3) is 8.98. The number of methoxy groups -OCH3 is 1. The van der Waals surface area contributed by atoms with Crippen LogP contribution < -0.4 is 5.32 Å². The maximum Gasteiger partial charge on any atom is 0.437 e. The lowest BCUT2D eigenvalue weighted by molar-refractivity contribution is -0.385. The molecule has 0 unspecified atom stereocenters. The summed E-state index contributed by atoms with van der Waals surface area (Å²) < 4.78 is 15.2. The highest BCUT2D eigenvalue weighted by atomic mass is 16.6. The van der Waals surface area contributed by atoms with Gasteiger partial charge in [-0.15, -0.1) is 4.99 Å². The number of alkyl carbamates (subject to hydrolysis) is 1. The van der Waals surface area contributed by atoms with Gasteiger partial charge in [0.1, 0.15) is 13.2 Å². The van der Waals surface area contributed by atoms with Gasteiger partial charge in [-0.2, -0.15) is 0 Å². The fraction of sp³-hybridized carbons (Fsp3) is 0.385. The van der Waals surface area contributed by atoms with E-state index in [0.29, 0.717) is 36.8 Å². The van der Waals surface area contributed by atoms with E-state index in [2.05, 4.69) is 10.3 Å². The summed E-state index contributed by atoms with van der Waals surface area (Å²) in [5, 5.41) is 24.1. The van der Waals surface area contributed by atoms with E-state index in [1.165, 1.54) is 55.6 Å². The lowest BCUT2D eigenvalue weighted by Gasteiger charge is -2.35. The quantitative estimate of drug-likeness (QED) is 0.120. The molecule has 0 bridgehead atoms. The molecule has 15 nitrogen and oxygen atoms in total. The van der Waals surface area contributed by atoms with Gasteiger partial charge in [0, 0.05) is 37.4 Å². The number of guanidine groups is 1. The van der Waals surface area contributed by atoms with Crippen LogP contribution in [-0.4, -0.2) is 59.1 Å². The number of ether oxygens (including phenoxy) is 3. The number of carbonyl (C=O) groups excluding carboxylic acids is 3. The Bertz CT molecular complexity index is 1290. The smallest absolute Gasteiger partial charge is 0.437 e. The Morgan fingerprint density at radius 1 is 0.878 bits per heavy atom. The monoisotopic (exact) mass is 571 g/mol. The number of benzene rings is 2. The summed E-state index contributed by atoms with van der Waals surface area (Å²) in [5.41, 5.74) is 0.774. The van der Waals surface area contributed by atoms with E-state index < -0.39 is 22.0 Å². The van der Waals surface area contributed by atoms with E-state index in [-0.39, 0.29) is 48.5 Å². The van der Waals surface area contributed by atoms with E-state index in [4.69, 9.17) is 14.2 Å². The second kappa shape index (κ2) is 14.3. The summed E-state index contributed by atoms with van der Waals surface area (Å²) in [6.07, 6.45) is 0.262. The molecule has 41 heavy (non-hydrogen) atoms. The Morgan fingerprint density at radius 2 is 1.37 bits per heavy atom. The number of nitro benzene ring substituents is 2. The van der Waals surface area contributed by atoms with E-state index in [9.17, 15) is 34.6 Å². The van der Waals surface area contributed by atoms with Crippen LogP contribution in [0.25, 0.3) is 0 Å². The van der Waals surface area contributed by atoms with Crippen LogP contribution >= 0.6 is 0 Å². The molecule has 1 aliphatic carbocycles. The number of hydrogen-bond donors (Lipinski definition) is 1. The first-order chi connectivity index (χ1) is 19.6. The largest absolute Gasteiger partial charge is 0.469 e. The van der Waals surface area contributed by atoms with Crippen molar-refractivity contribution >= 4 is 35.5 Å². The second-order valence-electron chi connectivity index (χ2n) is 9.18. The summed E-state index contributed by atoms with van der Waals surface area (Å²) in [5.74, 6) is -0.673. The fourth-order valence-corrected chi connectivity index (χ4v) is 4.20. The van der Waals surface area contributed by atoms with Crippen molar-refractivity contribution in [2.75, 3.05) is 14.2 Å². The Hall–Kier alpha value is -5.08. The van der Waals surface area contributed by atoms with Gasteiger partial charge in [0.2, 0.25) is 5.96 Å². The number of amides is 2. The van der Waals surface area contributed by atoms with Crippen LogP contribution in [-0.2, 0) is 32.2 Å². The summed E-state index contributed by atoms with van der Waals surface area (Å²) >= 11 is 0. The molecule has 3 rings (SSSR count). The number of nitro groups is 2. The third-order valence-electron chi connectivity index (χ3n) is 6.55. The minimum atomic E-state index is -1.02. The van der Waals surface area contributed by atoms with E-state index in [0.717, 1.165) is 0 Å². The molecule has 2 aromatic carbocycles. The molecule has 0 aliphatic heterocycles. The lowest BCUT2D eigenvalue weighted by Crippen LogP contribution is -2.48. The maximum atomic E-state index is 12.6. The summed E-state index contributed by atoms with van der Waals surface area (Å²) in [6, 6.07) is 10.7. The van der Waals surface area contributed by atoms with Gasteiger partial charge in [-0.05, 0) is 61.1 Å². The van der Waals surface area contributed by atoms with Gasteiger partial charge in [0.05, 0.1) is 22.9 Å². The van der Waals surface area contributed by atoms with Crippen molar-refractivity contribution < 1.29 is 38.4 Å². The highest BCUT2D eigenvalue weighted by Gasteiger charge is 2.31. The van der Waals surface area contributed by atoms with Crippen LogP contribution in [0.4, 0.5) is 21.0 Å². The SMILES string of the molecule is COC(=O)C1CCC(N(C)C(=NC(=O)OCc2ccc([N+](=O)[O-])cc2)NC(=O)OCc2ccc([N+](=O)[O-])cc2)CC1. The number of hydrogen-bond acceptors (Lipinski definition) is 10. The van der Waals surface area contributed by atoms with E-state index >= 15 is 0 Å². The zero-order chi connectivity index (χ0) is 29.9. The first-order valence-electron chi connectivity index (χ1n) is 12.5. The number of nitrogens with one attached hydrogen (secondary N) is 1. The van der Waals surface area contributed by atoms with Crippen molar-refractivity contribution in [1.82, 2.24) is 10.2 Å². The molecule has 0 spiro atoms. The van der Waals surface area contributed by atoms with Crippen molar-refractivity contribution in [2.45, 2.75) is 44.9 Å². The van der Waals surface area contributed by atoms with Crippen molar-refractivity contribution in [3.05, 3.63) is 79.9 Å². The molecule has 1 fully saturated rings. The predicted molar refractivity (Wildman–Crippen MR) is 143 cm³/mol. The summed E-state index contributed by atoms with van der Waals surface area (Å²) in [4.78, 5) is 63.1. The number of rotatable bonds is 8. The molecule has 2 aromatic rings. The molecule has 0 heterocycles. The molecule has 0 atom stereocenters. The van der Waals surface area contributed by atoms with Crippen LogP contribution in [0.5, 0.6) is 0 Å². The molecule has 218 valence electrons. The number of aliphatic imine (C=N–C) groups is 1. The van der Waals surface area contributed by atoms with E-state index in [1.807, 2.05) is 0 Å². The fourth-order valence-electron chi connectivity index (χ4n) is 4.20. The first kappa shape index (κ1) is 30.5. The molecule has 0 aromatic heterocycles. The molecular formula is C26H29N5O10. The van der Waals surface area contributed by atoms with Crippen LogP contribution in [0.1, 0.15) is 36.8 Å². The minimum absolute atomic E-state index is 0.108. The minimum Gasteiger partial charge on any atom is -0.469 e. The van der Waals surface area contributed by atoms with Gasteiger partial charge >= 0.3 is 18.2 Å².